The van der Waals surface area contributed by atoms with Gasteiger partial charge >= 0.3 is 12.1 Å². The smallest absolute Gasteiger partial charge is 0.412 e. The third kappa shape index (κ3) is 6.64. The topological polar surface area (TPSA) is 108 Å². The summed E-state index contributed by atoms with van der Waals surface area (Å²) in [4.78, 5) is 59.2. The zero-order chi connectivity index (χ0) is 39.2. The van der Waals surface area contributed by atoms with Crippen LogP contribution < -0.4 is 0 Å². The Morgan fingerprint density at radius 1 is 1.06 bits per heavy atom. The van der Waals surface area contributed by atoms with E-state index in [1.165, 1.54) is 7.11 Å². The van der Waals surface area contributed by atoms with Gasteiger partial charge in [0.15, 0.2) is 0 Å². The highest BCUT2D eigenvalue weighted by Gasteiger charge is 2.71. The molecule has 2 heterocycles. The van der Waals surface area contributed by atoms with E-state index >= 15 is 9.59 Å². The molecule has 0 radical (unpaired) electrons. The fraction of sp³-hybridized carbons (Fsp3) is 0.810. The third-order valence-electron chi connectivity index (χ3n) is 14.6. The number of ether oxygens (including phenoxy) is 3. The lowest BCUT2D eigenvalue weighted by molar-refractivity contribution is -0.198. The summed E-state index contributed by atoms with van der Waals surface area (Å²) in [5, 5.41) is -0.0457. The lowest BCUT2D eigenvalue weighted by Crippen LogP contribution is -2.68. The molecule has 2 saturated heterocycles. The maximum Gasteiger partial charge on any atom is 0.412 e. The summed E-state index contributed by atoms with van der Waals surface area (Å²) in [5.74, 6) is -0.467. The summed E-state index contributed by atoms with van der Waals surface area (Å²) in [6.07, 6.45) is 4.47. The van der Waals surface area contributed by atoms with Gasteiger partial charge < -0.3 is 18.6 Å². The molecule has 5 aliphatic rings. The number of ketones is 2. The molecule has 0 aromatic heterocycles. The number of likely N-dealkylation sites (tertiary alicyclic amines) is 1. The minimum atomic E-state index is -2.27. The molecular weight excluding hydrogens is 675 g/mol. The number of carbonyl (C=O) groups is 4. The zero-order valence-corrected chi connectivity index (χ0v) is 35.6. The van der Waals surface area contributed by atoms with Crippen molar-refractivity contribution in [2.75, 3.05) is 13.7 Å². The first-order valence-corrected chi connectivity index (χ1v) is 22.5. The van der Waals surface area contributed by atoms with Crippen molar-refractivity contribution in [1.29, 1.82) is 0 Å². The van der Waals surface area contributed by atoms with Crippen LogP contribution in [0.2, 0.25) is 18.1 Å². The fourth-order valence-corrected chi connectivity index (χ4v) is 11.8. The predicted octanol–water partition coefficient (Wildman–Crippen LogP) is 9.02. The highest BCUT2D eigenvalue weighted by Crippen LogP contribution is 2.70. The van der Waals surface area contributed by atoms with E-state index in [0.717, 1.165) is 17.8 Å². The van der Waals surface area contributed by atoms with E-state index in [0.29, 0.717) is 38.1 Å². The summed E-state index contributed by atoms with van der Waals surface area (Å²) in [7, 11) is -0.911. The molecule has 5 rings (SSSR count). The van der Waals surface area contributed by atoms with E-state index in [4.69, 9.17) is 18.6 Å². The number of Topliss-reactive ketones (excluding diaryl/α,β-unsaturated/α-hetero) is 2. The Hall–Kier alpha value is -2.46. The van der Waals surface area contributed by atoms with Crippen LogP contribution in [0.1, 0.15) is 121 Å². The molecule has 0 aromatic rings. The van der Waals surface area contributed by atoms with Gasteiger partial charge in [-0.15, -0.1) is 0 Å². The Bertz CT molecular complexity index is 1540. The largest absolute Gasteiger partial charge is 0.546 e. The van der Waals surface area contributed by atoms with Crippen molar-refractivity contribution in [2.24, 2.45) is 45.8 Å². The molecule has 10 heteroatoms. The maximum atomic E-state index is 15.2. The molecule has 10 atom stereocenters. The van der Waals surface area contributed by atoms with Gasteiger partial charge in [0.05, 0.1) is 31.9 Å². The van der Waals surface area contributed by atoms with Crippen molar-refractivity contribution in [3.05, 3.63) is 24.0 Å². The fourth-order valence-electron chi connectivity index (χ4n) is 10.7. The van der Waals surface area contributed by atoms with Crippen molar-refractivity contribution in [3.8, 4) is 0 Å². The first kappa shape index (κ1) is 40.7. The zero-order valence-electron chi connectivity index (χ0n) is 34.6. The van der Waals surface area contributed by atoms with Crippen LogP contribution in [0.4, 0.5) is 4.79 Å². The van der Waals surface area contributed by atoms with Crippen LogP contribution in [0.25, 0.3) is 0 Å². The molecular formula is C42H67NO8Si. The molecule has 3 aliphatic carbocycles. The van der Waals surface area contributed by atoms with Gasteiger partial charge in [-0.05, 0) is 94.3 Å². The van der Waals surface area contributed by atoms with Gasteiger partial charge in [0.25, 0.3) is 0 Å². The number of nitrogens with zero attached hydrogens (tertiary/aromatic N) is 1. The van der Waals surface area contributed by atoms with Gasteiger partial charge in [-0.25, -0.2) is 4.79 Å². The SMILES string of the molecule is C=C1C=C(O[Si](C)(C)C(C)(C)C)[C@@H]2[C@@H](C1)[C@]1(C)CC(=O)[C@@](C)(CC[C@]34C[C@@H](C)C[C@H](CN3C(=O)OC(C)(C)C)O4)[C@@](C)(CC(=O)OC)[C@H]1C(=O)[C@@H]2C. The Kier molecular flexibility index (Phi) is 10.2. The number of allylic oxidation sites excluding steroid dienone is 3. The first-order valence-electron chi connectivity index (χ1n) is 19.6. The van der Waals surface area contributed by atoms with Crippen LogP contribution in [-0.4, -0.2) is 67.9 Å². The Balaban J connectivity index is 1.57. The average Bonchev–Trinajstić information content (AvgIpc) is 3.26. The van der Waals surface area contributed by atoms with Crippen molar-refractivity contribution in [1.82, 2.24) is 4.90 Å². The van der Waals surface area contributed by atoms with E-state index in [1.807, 2.05) is 47.6 Å². The summed E-state index contributed by atoms with van der Waals surface area (Å²) in [6.45, 7) is 31.7. The second-order valence-electron chi connectivity index (χ2n) is 20.5. The number of hydrogen-bond donors (Lipinski definition) is 0. The van der Waals surface area contributed by atoms with Gasteiger partial charge in [-0.2, -0.15) is 0 Å². The van der Waals surface area contributed by atoms with E-state index < -0.39 is 53.9 Å². The van der Waals surface area contributed by atoms with Gasteiger partial charge in [0.1, 0.15) is 22.9 Å². The Morgan fingerprint density at radius 2 is 1.69 bits per heavy atom. The van der Waals surface area contributed by atoms with E-state index in [-0.39, 0.29) is 53.3 Å². The molecule has 0 N–H and O–H groups in total. The second-order valence-corrected chi connectivity index (χ2v) is 25.2. The van der Waals surface area contributed by atoms with Crippen LogP contribution in [0.3, 0.4) is 0 Å². The van der Waals surface area contributed by atoms with Gasteiger partial charge in [0.2, 0.25) is 8.32 Å². The predicted molar refractivity (Wildman–Crippen MR) is 204 cm³/mol. The van der Waals surface area contributed by atoms with Crippen molar-refractivity contribution < 1.29 is 37.8 Å². The molecule has 1 amide bonds. The lowest BCUT2D eigenvalue weighted by atomic mass is 9.36. The molecule has 2 aliphatic heterocycles. The number of hydrogen-bond acceptors (Lipinski definition) is 8. The minimum absolute atomic E-state index is 0.0319. The second kappa shape index (κ2) is 13.1. The molecule has 4 fully saturated rings. The average molecular weight is 742 g/mol. The van der Waals surface area contributed by atoms with Crippen molar-refractivity contribution in [3.63, 3.8) is 0 Å². The molecule has 52 heavy (non-hydrogen) atoms. The van der Waals surface area contributed by atoms with E-state index in [9.17, 15) is 9.59 Å². The van der Waals surface area contributed by atoms with Crippen LogP contribution >= 0.6 is 0 Å². The lowest BCUT2D eigenvalue weighted by Gasteiger charge is -2.66. The Labute approximate surface area is 314 Å². The van der Waals surface area contributed by atoms with Gasteiger partial charge in [-0.1, -0.05) is 67.5 Å². The van der Waals surface area contributed by atoms with Gasteiger partial charge in [0, 0.05) is 35.0 Å². The number of esters is 1. The third-order valence-corrected chi connectivity index (χ3v) is 18.9. The Morgan fingerprint density at radius 3 is 2.27 bits per heavy atom. The summed E-state index contributed by atoms with van der Waals surface area (Å²) in [6, 6.07) is 0. The summed E-state index contributed by atoms with van der Waals surface area (Å²) < 4.78 is 24.9. The van der Waals surface area contributed by atoms with Gasteiger partial charge in [-0.3, -0.25) is 19.3 Å². The number of carbonyl (C=O) groups excluding carboxylic acids is 4. The molecule has 0 aromatic carbocycles. The number of rotatable bonds is 7. The van der Waals surface area contributed by atoms with E-state index in [1.54, 1.807) is 4.90 Å². The molecule has 2 bridgehead atoms. The normalized spacial score (nSPS) is 39.4. The highest BCUT2D eigenvalue weighted by molar-refractivity contribution is 6.74. The first-order chi connectivity index (χ1) is 23.6. The molecule has 0 unspecified atom stereocenters. The van der Waals surface area contributed by atoms with Crippen molar-refractivity contribution in [2.45, 2.75) is 157 Å². The number of fused-ring (bicyclic) bond motifs is 5. The summed E-state index contributed by atoms with van der Waals surface area (Å²) >= 11 is 0. The monoisotopic (exact) mass is 741 g/mol. The van der Waals surface area contributed by atoms with Crippen LogP contribution in [0.15, 0.2) is 24.0 Å². The van der Waals surface area contributed by atoms with Crippen LogP contribution in [-0.2, 0) is 33.0 Å². The highest BCUT2D eigenvalue weighted by atomic mass is 28.4. The van der Waals surface area contributed by atoms with Crippen molar-refractivity contribution >= 4 is 31.9 Å². The van der Waals surface area contributed by atoms with Crippen LogP contribution in [0, 0.1) is 45.8 Å². The molecule has 0 spiro atoms. The number of amides is 1. The maximum absolute atomic E-state index is 15.2. The summed E-state index contributed by atoms with van der Waals surface area (Å²) in [5.41, 5.74) is -3.60. The molecule has 2 saturated carbocycles. The minimum Gasteiger partial charge on any atom is -0.546 e. The van der Waals surface area contributed by atoms with E-state index in [2.05, 4.69) is 54.3 Å². The number of methoxy groups -OCH3 is 1. The quantitative estimate of drug-likeness (QED) is 0.188. The standard InChI is InChI=1S/C42H67NO8Si/c1-25-19-29-33(30(20-25)51-52(14,15)38(7,8)9)27(3)34(46)35-39(29,10)22-31(44)40(11,41(35,12)23-32(45)48-13)16-17-42-21-26(2)18-28(49-42)24-43(42)36(47)50-37(4,5)6/h20,26-29,33,35H,1,16-19,21-24H2,2-15H3/t26-,27+,28+,29+,33-,35-,39-,40+,41-,42-/m0/s1. The molecule has 292 valence electrons. The van der Waals surface area contributed by atoms with Crippen LogP contribution in [0.5, 0.6) is 0 Å². The molecule has 9 nitrogen and oxygen atoms in total.